The van der Waals surface area contributed by atoms with E-state index in [0.29, 0.717) is 11.2 Å². The van der Waals surface area contributed by atoms with Gasteiger partial charge in [0, 0.05) is 52.9 Å². The first kappa shape index (κ1) is 24.1. The van der Waals surface area contributed by atoms with E-state index in [2.05, 4.69) is 127 Å². The van der Waals surface area contributed by atoms with Crippen molar-refractivity contribution in [2.24, 2.45) is 0 Å². The molecule has 0 fully saturated rings. The summed E-state index contributed by atoms with van der Waals surface area (Å²) in [5, 5.41) is 5.53. The zero-order chi connectivity index (χ0) is 27.6. The summed E-state index contributed by atoms with van der Waals surface area (Å²) in [5.74, 6) is 1.15. The molecule has 1 aliphatic carbocycles. The van der Waals surface area contributed by atoms with Gasteiger partial charge < -0.3 is 0 Å². The molecule has 2 atom stereocenters. The van der Waals surface area contributed by atoms with Gasteiger partial charge in [-0.05, 0) is 46.3 Å². The largest absolute Gasteiger partial charge is 0.228 e. The first-order chi connectivity index (χ1) is 20.8. The third-order valence-electron chi connectivity index (χ3n) is 8.42. The summed E-state index contributed by atoms with van der Waals surface area (Å²) in [7, 11) is 0. The summed E-state index contributed by atoms with van der Waals surface area (Å²) in [6.07, 6.45) is 4.88. The maximum Gasteiger partial charge on any atom is 0.160 e. The Labute approximate surface area is 251 Å². The number of thiophene rings is 1. The van der Waals surface area contributed by atoms with Crippen LogP contribution in [0.5, 0.6) is 0 Å². The SMILES string of the molecule is C1=c2ccc(-c3nc(-c4ccccc4)cc(-c4cccc5sc6ccccc6c45)n3)cc2=CC2c3ccccc3SC12. The molecule has 1 aliphatic heterocycles. The normalized spacial score (nSPS) is 16.9. The molecule has 9 rings (SSSR count). The molecule has 0 saturated heterocycles. The van der Waals surface area contributed by atoms with Crippen molar-refractivity contribution in [2.45, 2.75) is 16.1 Å². The second-order valence-corrected chi connectivity index (χ2v) is 13.2. The quantitative estimate of drug-likeness (QED) is 0.212. The van der Waals surface area contributed by atoms with Crippen molar-refractivity contribution in [3.8, 4) is 33.9 Å². The van der Waals surface area contributed by atoms with Gasteiger partial charge in [-0.3, -0.25) is 0 Å². The van der Waals surface area contributed by atoms with Crippen molar-refractivity contribution in [3.05, 3.63) is 137 Å². The van der Waals surface area contributed by atoms with Crippen LogP contribution >= 0.6 is 23.1 Å². The lowest BCUT2D eigenvalue weighted by atomic mass is 9.90. The fourth-order valence-electron chi connectivity index (χ4n) is 6.42. The maximum atomic E-state index is 5.25. The molecule has 2 unspecified atom stereocenters. The number of benzene rings is 5. The molecular formula is C38H24N2S2. The van der Waals surface area contributed by atoms with Gasteiger partial charge in [0.25, 0.3) is 0 Å². The molecule has 2 aliphatic rings. The van der Waals surface area contributed by atoms with E-state index in [1.165, 1.54) is 41.1 Å². The highest BCUT2D eigenvalue weighted by Crippen LogP contribution is 2.47. The van der Waals surface area contributed by atoms with Crippen molar-refractivity contribution in [2.75, 3.05) is 0 Å². The smallest absolute Gasteiger partial charge is 0.160 e. The lowest BCUT2D eigenvalue weighted by Gasteiger charge is -2.17. The van der Waals surface area contributed by atoms with Gasteiger partial charge in [-0.15, -0.1) is 23.1 Å². The summed E-state index contributed by atoms with van der Waals surface area (Å²) < 4.78 is 2.57. The maximum absolute atomic E-state index is 5.25. The third kappa shape index (κ3) is 3.87. The predicted octanol–water partition coefficient (Wildman–Crippen LogP) is 8.68. The molecule has 0 bridgehead atoms. The van der Waals surface area contributed by atoms with Gasteiger partial charge in [0.2, 0.25) is 0 Å². The third-order valence-corrected chi connectivity index (χ3v) is 10.9. The number of hydrogen-bond acceptors (Lipinski definition) is 4. The number of fused-ring (bicyclic) bond motifs is 7. The molecule has 0 radical (unpaired) electrons. The minimum Gasteiger partial charge on any atom is -0.228 e. The fraction of sp³-hybridized carbons (Fsp3) is 0.0526. The zero-order valence-corrected chi connectivity index (χ0v) is 24.2. The average Bonchev–Trinajstić information content (AvgIpc) is 3.61. The van der Waals surface area contributed by atoms with E-state index in [1.54, 1.807) is 0 Å². The Morgan fingerprint density at radius 3 is 2.33 bits per heavy atom. The minimum atomic E-state index is 0.394. The van der Waals surface area contributed by atoms with Gasteiger partial charge in [-0.2, -0.15) is 0 Å². The molecule has 7 aromatic rings. The fourth-order valence-corrected chi connectivity index (χ4v) is 8.93. The summed E-state index contributed by atoms with van der Waals surface area (Å²) in [5.41, 5.74) is 6.58. The standard InChI is InChI=1S/C38H24N2S2/c1-2-9-23(10-3-1)31-22-32(28-13-8-16-35-37(28)29-12-5-7-15-34(29)41-35)40-38(39-31)25-18-17-24-21-36-30(20-26(24)19-25)27-11-4-6-14-33(27)42-36/h1-22,30,36H. The van der Waals surface area contributed by atoms with E-state index in [0.717, 1.165) is 33.9 Å². The number of aromatic nitrogens is 2. The lowest BCUT2D eigenvalue weighted by Crippen LogP contribution is -2.32. The van der Waals surface area contributed by atoms with E-state index in [4.69, 9.17) is 9.97 Å². The second kappa shape index (κ2) is 9.52. The van der Waals surface area contributed by atoms with E-state index in [-0.39, 0.29) is 0 Å². The van der Waals surface area contributed by atoms with E-state index in [1.807, 2.05) is 29.2 Å². The molecule has 0 saturated carbocycles. The molecule has 0 amide bonds. The van der Waals surface area contributed by atoms with Gasteiger partial charge in [0.1, 0.15) is 0 Å². The summed E-state index contributed by atoms with van der Waals surface area (Å²) >= 11 is 3.81. The van der Waals surface area contributed by atoms with Crippen LogP contribution in [0.2, 0.25) is 0 Å². The van der Waals surface area contributed by atoms with Crippen LogP contribution in [-0.4, -0.2) is 15.2 Å². The molecule has 4 heteroatoms. The first-order valence-corrected chi connectivity index (χ1v) is 15.9. The highest BCUT2D eigenvalue weighted by Gasteiger charge is 2.31. The van der Waals surface area contributed by atoms with Gasteiger partial charge in [0.15, 0.2) is 5.82 Å². The van der Waals surface area contributed by atoms with Crippen molar-refractivity contribution in [3.63, 3.8) is 0 Å². The van der Waals surface area contributed by atoms with Crippen molar-refractivity contribution < 1.29 is 0 Å². The van der Waals surface area contributed by atoms with Crippen LogP contribution in [0.15, 0.2) is 126 Å². The Kier molecular flexibility index (Phi) is 5.47. The Balaban J connectivity index is 1.25. The van der Waals surface area contributed by atoms with Gasteiger partial charge in [-0.25, -0.2) is 9.97 Å². The number of rotatable bonds is 3. The Bertz CT molecular complexity index is 2300. The molecule has 0 spiro atoms. The zero-order valence-electron chi connectivity index (χ0n) is 22.6. The van der Waals surface area contributed by atoms with Crippen LogP contribution in [0.1, 0.15) is 11.5 Å². The Hall–Kier alpha value is -4.51. The highest BCUT2D eigenvalue weighted by atomic mass is 32.2. The number of nitrogens with zero attached hydrogens (tertiary/aromatic N) is 2. The minimum absolute atomic E-state index is 0.394. The van der Waals surface area contributed by atoms with Crippen molar-refractivity contribution in [1.82, 2.24) is 9.97 Å². The molecule has 5 aromatic carbocycles. The molecule has 2 nitrogen and oxygen atoms in total. The van der Waals surface area contributed by atoms with Gasteiger partial charge in [0.05, 0.1) is 11.4 Å². The van der Waals surface area contributed by atoms with Gasteiger partial charge in [-0.1, -0.05) is 103 Å². The van der Waals surface area contributed by atoms with Crippen LogP contribution in [0.3, 0.4) is 0 Å². The van der Waals surface area contributed by atoms with Crippen LogP contribution < -0.4 is 10.4 Å². The summed E-state index contributed by atoms with van der Waals surface area (Å²) in [4.78, 5) is 11.8. The summed E-state index contributed by atoms with van der Waals surface area (Å²) in [6.45, 7) is 0. The predicted molar refractivity (Wildman–Crippen MR) is 178 cm³/mol. The second-order valence-electron chi connectivity index (χ2n) is 10.9. The highest BCUT2D eigenvalue weighted by molar-refractivity contribution is 8.00. The van der Waals surface area contributed by atoms with E-state index >= 15 is 0 Å². The van der Waals surface area contributed by atoms with Crippen molar-refractivity contribution >= 4 is 55.4 Å². The van der Waals surface area contributed by atoms with Gasteiger partial charge >= 0.3 is 0 Å². The molecule has 198 valence electrons. The molecular weight excluding hydrogens is 549 g/mol. The van der Waals surface area contributed by atoms with Crippen LogP contribution in [0.25, 0.3) is 66.2 Å². The molecule has 3 heterocycles. The number of thioether (sulfide) groups is 1. The molecule has 42 heavy (non-hydrogen) atoms. The van der Waals surface area contributed by atoms with E-state index in [9.17, 15) is 0 Å². The Morgan fingerprint density at radius 1 is 0.571 bits per heavy atom. The van der Waals surface area contributed by atoms with E-state index < -0.39 is 0 Å². The number of hydrogen-bond donors (Lipinski definition) is 0. The Morgan fingerprint density at radius 2 is 1.38 bits per heavy atom. The van der Waals surface area contributed by atoms with Crippen LogP contribution in [0.4, 0.5) is 0 Å². The lowest BCUT2D eigenvalue weighted by molar-refractivity contribution is 0.946. The average molecular weight is 573 g/mol. The van der Waals surface area contributed by atoms with Crippen molar-refractivity contribution in [1.29, 1.82) is 0 Å². The summed E-state index contributed by atoms with van der Waals surface area (Å²) in [6, 6.07) is 43.4. The first-order valence-electron chi connectivity index (χ1n) is 14.2. The molecule has 0 N–H and O–H groups in total. The molecule has 2 aromatic heterocycles. The monoisotopic (exact) mass is 572 g/mol. The van der Waals surface area contributed by atoms with Crippen LogP contribution in [0, 0.1) is 0 Å². The van der Waals surface area contributed by atoms with Crippen LogP contribution in [-0.2, 0) is 0 Å². The topological polar surface area (TPSA) is 25.8 Å².